The van der Waals surface area contributed by atoms with Gasteiger partial charge in [0.15, 0.2) is 0 Å². The molecule has 1 fully saturated rings. The Morgan fingerprint density at radius 2 is 1.87 bits per heavy atom. The molecule has 0 bridgehead atoms. The summed E-state index contributed by atoms with van der Waals surface area (Å²) < 4.78 is 10.5. The third-order valence-electron chi connectivity index (χ3n) is 4.66. The molecule has 1 aliphatic rings. The van der Waals surface area contributed by atoms with Crippen LogP contribution >= 0.6 is 11.6 Å². The van der Waals surface area contributed by atoms with Crippen LogP contribution in [0.25, 0.3) is 0 Å². The summed E-state index contributed by atoms with van der Waals surface area (Å²) >= 11 is 6.06. The molecule has 1 N–H and O–H groups in total. The van der Waals surface area contributed by atoms with Gasteiger partial charge >= 0.3 is 5.97 Å². The Morgan fingerprint density at radius 3 is 2.50 bits per heavy atom. The molecule has 1 saturated heterocycles. The normalized spacial score (nSPS) is 16.0. The van der Waals surface area contributed by atoms with Gasteiger partial charge < -0.3 is 19.7 Å². The van der Waals surface area contributed by atoms with Gasteiger partial charge in [-0.25, -0.2) is 4.79 Å². The zero-order valence-corrected chi connectivity index (χ0v) is 17.7. The van der Waals surface area contributed by atoms with Crippen LogP contribution in [0.3, 0.4) is 0 Å². The lowest BCUT2D eigenvalue weighted by Crippen LogP contribution is -2.28. The van der Waals surface area contributed by atoms with Gasteiger partial charge in [-0.1, -0.05) is 11.6 Å². The number of benzene rings is 2. The molecular formula is C22H23ClN2O5. The van der Waals surface area contributed by atoms with Crippen molar-refractivity contribution in [1.82, 2.24) is 0 Å². The Labute approximate surface area is 179 Å². The second-order valence-corrected chi connectivity index (χ2v) is 7.68. The number of halogens is 1. The van der Waals surface area contributed by atoms with Crippen molar-refractivity contribution < 1.29 is 23.9 Å². The van der Waals surface area contributed by atoms with Crippen LogP contribution in [0.4, 0.5) is 11.4 Å². The average Bonchev–Trinajstić information content (AvgIpc) is 3.09. The SMILES string of the molecule is COc1ccc(Cl)cc1N1C[C@H](C(=O)Nc2ccc(C(=O)OC(C)C)cc2)CC1=O. The highest BCUT2D eigenvalue weighted by atomic mass is 35.5. The third kappa shape index (κ3) is 4.91. The van der Waals surface area contributed by atoms with E-state index in [-0.39, 0.29) is 30.9 Å². The molecule has 8 heteroatoms. The zero-order chi connectivity index (χ0) is 21.8. The van der Waals surface area contributed by atoms with Crippen LogP contribution in [0, 0.1) is 5.92 Å². The number of ether oxygens (including phenoxy) is 2. The molecule has 1 heterocycles. The maximum absolute atomic E-state index is 12.7. The Bertz CT molecular complexity index is 959. The zero-order valence-electron chi connectivity index (χ0n) is 17.0. The number of hydrogen-bond donors (Lipinski definition) is 1. The van der Waals surface area contributed by atoms with Gasteiger partial charge in [0, 0.05) is 23.7 Å². The van der Waals surface area contributed by atoms with Crippen LogP contribution in [0.5, 0.6) is 5.75 Å². The van der Waals surface area contributed by atoms with Crippen molar-refractivity contribution in [2.24, 2.45) is 5.92 Å². The Kier molecular flexibility index (Phi) is 6.62. The van der Waals surface area contributed by atoms with E-state index >= 15 is 0 Å². The lowest BCUT2D eigenvalue weighted by atomic mass is 10.1. The summed E-state index contributed by atoms with van der Waals surface area (Å²) in [5.41, 5.74) is 1.47. The molecule has 0 aromatic heterocycles. The van der Waals surface area contributed by atoms with Crippen LogP contribution in [-0.2, 0) is 14.3 Å². The summed E-state index contributed by atoms with van der Waals surface area (Å²) in [4.78, 5) is 38.6. The van der Waals surface area contributed by atoms with Gasteiger partial charge in [-0.3, -0.25) is 9.59 Å². The first-order chi connectivity index (χ1) is 14.3. The van der Waals surface area contributed by atoms with E-state index in [2.05, 4.69) is 5.32 Å². The van der Waals surface area contributed by atoms with Crippen LogP contribution in [0.2, 0.25) is 5.02 Å². The van der Waals surface area contributed by atoms with E-state index < -0.39 is 11.9 Å². The van der Waals surface area contributed by atoms with E-state index in [1.165, 1.54) is 12.0 Å². The van der Waals surface area contributed by atoms with Crippen LogP contribution < -0.4 is 15.0 Å². The summed E-state index contributed by atoms with van der Waals surface area (Å²) in [7, 11) is 1.51. The van der Waals surface area contributed by atoms with Crippen molar-refractivity contribution in [3.8, 4) is 5.75 Å². The minimum absolute atomic E-state index is 0.0836. The highest BCUT2D eigenvalue weighted by Gasteiger charge is 2.36. The van der Waals surface area contributed by atoms with Crippen molar-refractivity contribution in [2.75, 3.05) is 23.9 Å². The number of hydrogen-bond acceptors (Lipinski definition) is 5. The van der Waals surface area contributed by atoms with E-state index in [9.17, 15) is 14.4 Å². The number of carbonyl (C=O) groups is 3. The lowest BCUT2D eigenvalue weighted by molar-refractivity contribution is -0.122. The molecule has 2 amide bonds. The number of methoxy groups -OCH3 is 1. The quantitative estimate of drug-likeness (QED) is 0.702. The molecule has 7 nitrogen and oxygen atoms in total. The van der Waals surface area contributed by atoms with Gasteiger partial charge in [-0.05, 0) is 56.3 Å². The first kappa shape index (κ1) is 21.6. The molecule has 0 radical (unpaired) electrons. The molecule has 3 rings (SSSR count). The third-order valence-corrected chi connectivity index (χ3v) is 4.89. The maximum Gasteiger partial charge on any atom is 0.338 e. The number of anilines is 2. The van der Waals surface area contributed by atoms with Gasteiger partial charge in [0.05, 0.1) is 30.4 Å². The molecule has 1 aliphatic heterocycles. The summed E-state index contributed by atoms with van der Waals surface area (Å²) in [5, 5.41) is 3.27. The highest BCUT2D eigenvalue weighted by molar-refractivity contribution is 6.31. The second kappa shape index (κ2) is 9.17. The summed E-state index contributed by atoms with van der Waals surface area (Å²) in [6, 6.07) is 11.4. The van der Waals surface area contributed by atoms with Gasteiger partial charge in [0.25, 0.3) is 0 Å². The fourth-order valence-corrected chi connectivity index (χ4v) is 3.37. The van der Waals surface area contributed by atoms with Crippen LogP contribution in [-0.4, -0.2) is 37.5 Å². The molecule has 158 valence electrons. The molecule has 0 spiro atoms. The van der Waals surface area contributed by atoms with Gasteiger partial charge in [-0.2, -0.15) is 0 Å². The molecule has 2 aromatic rings. The molecule has 0 unspecified atom stereocenters. The number of amides is 2. The number of rotatable bonds is 6. The number of nitrogens with zero attached hydrogens (tertiary/aromatic N) is 1. The molecule has 1 atom stereocenters. The minimum atomic E-state index is -0.522. The van der Waals surface area contributed by atoms with E-state index in [1.54, 1.807) is 56.3 Å². The Balaban J connectivity index is 1.67. The van der Waals surface area contributed by atoms with E-state index in [4.69, 9.17) is 21.1 Å². The Hall–Kier alpha value is -3.06. The fraction of sp³-hybridized carbons (Fsp3) is 0.318. The topological polar surface area (TPSA) is 84.9 Å². The number of esters is 1. The van der Waals surface area contributed by atoms with Crippen LogP contribution in [0.15, 0.2) is 42.5 Å². The standard InChI is InChI=1S/C22H23ClN2O5/c1-13(2)30-22(28)14-4-7-17(8-5-14)24-21(27)15-10-20(26)25(12-15)18-11-16(23)6-9-19(18)29-3/h4-9,11,13,15H,10,12H2,1-3H3,(H,24,27)/t15-/m1/s1. The van der Waals surface area contributed by atoms with Crippen molar-refractivity contribution in [3.63, 3.8) is 0 Å². The first-order valence-electron chi connectivity index (χ1n) is 9.54. The predicted octanol–water partition coefficient (Wildman–Crippen LogP) is 3.91. The largest absolute Gasteiger partial charge is 0.495 e. The van der Waals surface area contributed by atoms with Crippen LogP contribution in [0.1, 0.15) is 30.6 Å². The van der Waals surface area contributed by atoms with Gasteiger partial charge in [0.2, 0.25) is 11.8 Å². The molecule has 2 aromatic carbocycles. The molecule has 0 aliphatic carbocycles. The Morgan fingerprint density at radius 1 is 1.17 bits per heavy atom. The fourth-order valence-electron chi connectivity index (χ4n) is 3.21. The van der Waals surface area contributed by atoms with Crippen molar-refractivity contribution in [1.29, 1.82) is 0 Å². The molecule has 0 saturated carbocycles. The highest BCUT2D eigenvalue weighted by Crippen LogP contribution is 2.35. The van der Waals surface area contributed by atoms with Crippen molar-refractivity contribution in [2.45, 2.75) is 26.4 Å². The number of carbonyl (C=O) groups excluding carboxylic acids is 3. The second-order valence-electron chi connectivity index (χ2n) is 7.24. The predicted molar refractivity (Wildman–Crippen MR) is 114 cm³/mol. The van der Waals surface area contributed by atoms with Gasteiger partial charge in [-0.15, -0.1) is 0 Å². The number of nitrogens with one attached hydrogen (secondary N) is 1. The first-order valence-corrected chi connectivity index (χ1v) is 9.92. The summed E-state index contributed by atoms with van der Waals surface area (Å²) in [6.07, 6.45) is -0.127. The maximum atomic E-state index is 12.7. The smallest absolute Gasteiger partial charge is 0.338 e. The summed E-state index contributed by atoms with van der Waals surface area (Å²) in [6.45, 7) is 3.77. The summed E-state index contributed by atoms with van der Waals surface area (Å²) in [5.74, 6) is -0.883. The molecular weight excluding hydrogens is 408 g/mol. The van der Waals surface area contributed by atoms with E-state index in [0.29, 0.717) is 27.7 Å². The minimum Gasteiger partial charge on any atom is -0.495 e. The average molecular weight is 431 g/mol. The molecule has 30 heavy (non-hydrogen) atoms. The van der Waals surface area contributed by atoms with Crippen molar-refractivity contribution >= 4 is 40.8 Å². The van der Waals surface area contributed by atoms with E-state index in [1.807, 2.05) is 0 Å². The van der Waals surface area contributed by atoms with Gasteiger partial charge in [0.1, 0.15) is 5.75 Å². The van der Waals surface area contributed by atoms with E-state index in [0.717, 1.165) is 0 Å². The monoisotopic (exact) mass is 430 g/mol. The lowest BCUT2D eigenvalue weighted by Gasteiger charge is -2.20. The van der Waals surface area contributed by atoms with Crippen molar-refractivity contribution in [3.05, 3.63) is 53.1 Å².